The number of fused-ring (bicyclic) bond motifs is 1. The van der Waals surface area contributed by atoms with E-state index >= 15 is 0 Å². The molecule has 1 aliphatic heterocycles. The van der Waals surface area contributed by atoms with E-state index in [1.165, 1.54) is 12.3 Å². The third kappa shape index (κ3) is 4.52. The lowest BCUT2D eigenvalue weighted by Gasteiger charge is -2.19. The molecular weight excluding hydrogens is 466 g/mol. The minimum atomic E-state index is -4.63. The van der Waals surface area contributed by atoms with Crippen molar-refractivity contribution in [3.05, 3.63) is 65.4 Å². The van der Waals surface area contributed by atoms with E-state index in [9.17, 15) is 31.1 Å². The summed E-state index contributed by atoms with van der Waals surface area (Å²) < 4.78 is 84.0. The van der Waals surface area contributed by atoms with Gasteiger partial charge < -0.3 is 9.64 Å². The van der Waals surface area contributed by atoms with Gasteiger partial charge in [0.15, 0.2) is 11.4 Å². The van der Waals surface area contributed by atoms with Crippen molar-refractivity contribution in [3.63, 3.8) is 0 Å². The van der Waals surface area contributed by atoms with Gasteiger partial charge in [-0.05, 0) is 31.2 Å². The summed E-state index contributed by atoms with van der Waals surface area (Å²) in [5.41, 5.74) is -1.59. The van der Waals surface area contributed by atoms with E-state index in [0.717, 1.165) is 29.3 Å². The van der Waals surface area contributed by atoms with E-state index in [1.807, 2.05) is 0 Å². The maximum absolute atomic E-state index is 13.2. The summed E-state index contributed by atoms with van der Waals surface area (Å²) in [6, 6.07) is 3.85. The Morgan fingerprint density at radius 1 is 1.00 bits per heavy atom. The predicted octanol–water partition coefficient (Wildman–Crippen LogP) is 5.18. The molecule has 178 valence electrons. The van der Waals surface area contributed by atoms with E-state index in [0.29, 0.717) is 11.9 Å². The van der Waals surface area contributed by atoms with E-state index in [-0.39, 0.29) is 48.0 Å². The van der Waals surface area contributed by atoms with Gasteiger partial charge in [-0.1, -0.05) is 0 Å². The van der Waals surface area contributed by atoms with Crippen LogP contribution in [0, 0.1) is 0 Å². The van der Waals surface area contributed by atoms with Gasteiger partial charge in [-0.25, -0.2) is 4.98 Å². The molecule has 0 atom stereocenters. The van der Waals surface area contributed by atoms with E-state index in [2.05, 4.69) is 15.0 Å². The third-order valence-electron chi connectivity index (χ3n) is 5.12. The molecule has 0 aliphatic carbocycles. The van der Waals surface area contributed by atoms with Gasteiger partial charge in [-0.3, -0.25) is 14.8 Å². The Bertz CT molecular complexity index is 1240. The zero-order valence-electron chi connectivity index (χ0n) is 17.5. The molecule has 0 radical (unpaired) electrons. The number of carbonyl (C=O) groups excluding carboxylic acids is 1. The maximum atomic E-state index is 13.2. The number of alkyl halides is 6. The lowest BCUT2D eigenvalue weighted by Crippen LogP contribution is -2.30. The Kier molecular flexibility index (Phi) is 5.92. The standard InChI is InChI=1S/C22H16F6N4O2/c1-2-34-18-7-12(16-8-13(3-5-29-16)21(23,24)25)10-31-19(18)20(33)32-6-4-15-17(32)9-14(11-30-15)22(26,27)28/h3,5,7-11H,2,4,6H2,1H3. The van der Waals surface area contributed by atoms with Crippen molar-refractivity contribution in [2.75, 3.05) is 18.1 Å². The number of carbonyl (C=O) groups is 1. The Balaban J connectivity index is 1.71. The largest absolute Gasteiger partial charge is 0.491 e. The molecule has 0 N–H and O–H groups in total. The van der Waals surface area contributed by atoms with Gasteiger partial charge in [0.25, 0.3) is 5.91 Å². The van der Waals surface area contributed by atoms with Crippen LogP contribution in [0.1, 0.15) is 34.2 Å². The molecule has 0 fully saturated rings. The van der Waals surface area contributed by atoms with Gasteiger partial charge in [0.05, 0.1) is 34.8 Å². The Hall–Kier alpha value is -3.70. The van der Waals surface area contributed by atoms with Gasteiger partial charge in [0, 0.05) is 37.1 Å². The number of ether oxygens (including phenoxy) is 1. The fourth-order valence-corrected chi connectivity index (χ4v) is 3.52. The van der Waals surface area contributed by atoms with Crippen LogP contribution in [0.3, 0.4) is 0 Å². The molecule has 3 aromatic heterocycles. The second-order valence-electron chi connectivity index (χ2n) is 7.33. The van der Waals surface area contributed by atoms with E-state index < -0.39 is 29.4 Å². The summed E-state index contributed by atoms with van der Waals surface area (Å²) in [6.45, 7) is 1.83. The molecule has 12 heteroatoms. The van der Waals surface area contributed by atoms with Crippen molar-refractivity contribution in [1.82, 2.24) is 15.0 Å². The van der Waals surface area contributed by atoms with E-state index in [4.69, 9.17) is 4.74 Å². The normalized spacial score (nSPS) is 13.7. The van der Waals surface area contributed by atoms with Crippen molar-refractivity contribution in [3.8, 4) is 17.0 Å². The highest BCUT2D eigenvalue weighted by molar-refractivity contribution is 6.07. The summed E-state index contributed by atoms with van der Waals surface area (Å²) in [5, 5.41) is 0. The SMILES string of the molecule is CCOc1cc(-c2cc(C(F)(F)F)ccn2)cnc1C(=O)N1CCc2ncc(C(F)(F)F)cc21. The quantitative estimate of drug-likeness (QED) is 0.480. The highest BCUT2D eigenvalue weighted by Gasteiger charge is 2.36. The zero-order chi connectivity index (χ0) is 24.7. The summed E-state index contributed by atoms with van der Waals surface area (Å²) in [4.78, 5) is 26.2. The molecule has 4 rings (SSSR count). The first-order valence-corrected chi connectivity index (χ1v) is 10.0. The minimum Gasteiger partial charge on any atom is -0.491 e. The molecule has 6 nitrogen and oxygen atoms in total. The predicted molar refractivity (Wildman–Crippen MR) is 108 cm³/mol. The first kappa shape index (κ1) is 23.5. The molecule has 0 bridgehead atoms. The molecule has 0 spiro atoms. The summed E-state index contributed by atoms with van der Waals surface area (Å²) in [7, 11) is 0. The smallest absolute Gasteiger partial charge is 0.417 e. The number of hydrogen-bond acceptors (Lipinski definition) is 5. The molecule has 4 heterocycles. The highest BCUT2D eigenvalue weighted by atomic mass is 19.4. The summed E-state index contributed by atoms with van der Waals surface area (Å²) in [5.74, 6) is -0.746. The number of halogens is 6. The number of rotatable bonds is 4. The average Bonchev–Trinajstić information content (AvgIpc) is 3.21. The van der Waals surface area contributed by atoms with Crippen molar-refractivity contribution in [1.29, 1.82) is 0 Å². The van der Waals surface area contributed by atoms with Crippen LogP contribution < -0.4 is 9.64 Å². The van der Waals surface area contributed by atoms with Crippen LogP contribution in [0.5, 0.6) is 5.75 Å². The Labute approximate surface area is 189 Å². The number of aromatic nitrogens is 3. The van der Waals surface area contributed by atoms with Crippen LogP contribution in [0.4, 0.5) is 32.0 Å². The van der Waals surface area contributed by atoms with Gasteiger partial charge in [0.2, 0.25) is 0 Å². The van der Waals surface area contributed by atoms with Crippen LogP contribution in [-0.2, 0) is 18.8 Å². The van der Waals surface area contributed by atoms with Crippen LogP contribution in [-0.4, -0.2) is 34.0 Å². The second-order valence-corrected chi connectivity index (χ2v) is 7.33. The van der Waals surface area contributed by atoms with Crippen molar-refractivity contribution in [2.24, 2.45) is 0 Å². The zero-order valence-corrected chi connectivity index (χ0v) is 17.5. The fraction of sp³-hybridized carbons (Fsp3) is 0.273. The molecule has 0 saturated heterocycles. The molecule has 1 amide bonds. The third-order valence-corrected chi connectivity index (χ3v) is 5.12. The van der Waals surface area contributed by atoms with Crippen molar-refractivity contribution < 1.29 is 35.9 Å². The molecule has 3 aromatic rings. The lowest BCUT2D eigenvalue weighted by molar-refractivity contribution is -0.138. The maximum Gasteiger partial charge on any atom is 0.417 e. The summed E-state index contributed by atoms with van der Waals surface area (Å²) >= 11 is 0. The summed E-state index contributed by atoms with van der Waals surface area (Å²) in [6.07, 6.45) is -6.06. The van der Waals surface area contributed by atoms with Crippen LogP contribution >= 0.6 is 0 Å². The van der Waals surface area contributed by atoms with Crippen molar-refractivity contribution >= 4 is 11.6 Å². The van der Waals surface area contributed by atoms with Gasteiger partial charge >= 0.3 is 12.4 Å². The number of hydrogen-bond donors (Lipinski definition) is 0. The van der Waals surface area contributed by atoms with Gasteiger partial charge in [0.1, 0.15) is 0 Å². The molecule has 0 aromatic carbocycles. The van der Waals surface area contributed by atoms with Gasteiger partial charge in [-0.2, -0.15) is 26.3 Å². The van der Waals surface area contributed by atoms with Crippen molar-refractivity contribution in [2.45, 2.75) is 25.7 Å². The first-order valence-electron chi connectivity index (χ1n) is 10.0. The van der Waals surface area contributed by atoms with E-state index in [1.54, 1.807) is 6.92 Å². The molecular formula is C22H16F6N4O2. The minimum absolute atomic E-state index is 0.0210. The second kappa shape index (κ2) is 8.58. The Morgan fingerprint density at radius 2 is 1.74 bits per heavy atom. The Morgan fingerprint density at radius 3 is 2.41 bits per heavy atom. The first-order chi connectivity index (χ1) is 16.0. The topological polar surface area (TPSA) is 68.2 Å². The number of pyridine rings is 3. The van der Waals surface area contributed by atoms with Crippen LogP contribution in [0.25, 0.3) is 11.3 Å². The fourth-order valence-electron chi connectivity index (χ4n) is 3.52. The number of amides is 1. The average molecular weight is 482 g/mol. The number of anilines is 1. The highest BCUT2D eigenvalue weighted by Crippen LogP contribution is 2.37. The monoisotopic (exact) mass is 482 g/mol. The molecule has 0 saturated carbocycles. The molecule has 0 unspecified atom stereocenters. The van der Waals surface area contributed by atoms with Gasteiger partial charge in [-0.15, -0.1) is 0 Å². The lowest BCUT2D eigenvalue weighted by atomic mass is 10.1. The number of nitrogens with zero attached hydrogens (tertiary/aromatic N) is 4. The van der Waals surface area contributed by atoms with Crippen LogP contribution in [0.2, 0.25) is 0 Å². The molecule has 1 aliphatic rings. The molecule has 34 heavy (non-hydrogen) atoms. The van der Waals surface area contributed by atoms with Crippen LogP contribution in [0.15, 0.2) is 42.9 Å².